The van der Waals surface area contributed by atoms with E-state index in [1.165, 1.54) is 0 Å². The number of nitrogens with one attached hydrogen (secondary N) is 1. The Morgan fingerprint density at radius 3 is 2.68 bits per heavy atom. The van der Waals surface area contributed by atoms with Gasteiger partial charge in [-0.05, 0) is 45.0 Å². The number of benzene rings is 1. The molecule has 3 rings (SSSR count). The quantitative estimate of drug-likeness (QED) is 0.827. The standard InChI is InChI=1S/C18H19ClN2O4/c1-11-9-15(12(2)25-11)18(3)16(22)21(17(23)20-18)7-8-24-14-6-4-5-13(19)10-14/h4-6,9-10H,7-8H2,1-3H3,(H,20,23). The van der Waals surface area contributed by atoms with Crippen LogP contribution >= 0.6 is 11.6 Å². The molecule has 1 saturated heterocycles. The summed E-state index contributed by atoms with van der Waals surface area (Å²) in [5.41, 5.74) is -0.462. The highest BCUT2D eigenvalue weighted by Crippen LogP contribution is 2.32. The third kappa shape index (κ3) is 3.22. The molecule has 0 radical (unpaired) electrons. The van der Waals surface area contributed by atoms with E-state index in [1.807, 2.05) is 0 Å². The maximum Gasteiger partial charge on any atom is 0.325 e. The molecule has 1 aliphatic rings. The highest BCUT2D eigenvalue weighted by molar-refractivity contribution is 6.30. The maximum atomic E-state index is 12.8. The Morgan fingerprint density at radius 2 is 2.04 bits per heavy atom. The Bertz CT molecular complexity index is 832. The van der Waals surface area contributed by atoms with Gasteiger partial charge in [-0.25, -0.2) is 4.79 Å². The molecule has 1 fully saturated rings. The average molecular weight is 363 g/mol. The number of amides is 3. The van der Waals surface area contributed by atoms with Crippen molar-refractivity contribution >= 4 is 23.5 Å². The molecule has 132 valence electrons. The van der Waals surface area contributed by atoms with E-state index < -0.39 is 11.6 Å². The van der Waals surface area contributed by atoms with Crippen LogP contribution in [0.3, 0.4) is 0 Å². The summed E-state index contributed by atoms with van der Waals surface area (Å²) >= 11 is 5.90. The number of urea groups is 1. The molecule has 2 heterocycles. The number of carbonyl (C=O) groups is 2. The highest BCUT2D eigenvalue weighted by atomic mass is 35.5. The largest absolute Gasteiger partial charge is 0.492 e. The lowest BCUT2D eigenvalue weighted by molar-refractivity contribution is -0.131. The second-order valence-corrected chi connectivity index (χ2v) is 6.58. The van der Waals surface area contributed by atoms with Gasteiger partial charge in [0, 0.05) is 10.6 Å². The molecule has 1 aliphatic heterocycles. The van der Waals surface area contributed by atoms with Gasteiger partial charge in [-0.15, -0.1) is 0 Å². The summed E-state index contributed by atoms with van der Waals surface area (Å²) in [4.78, 5) is 26.3. The van der Waals surface area contributed by atoms with Crippen LogP contribution in [0.2, 0.25) is 5.02 Å². The van der Waals surface area contributed by atoms with Gasteiger partial charge in [0.25, 0.3) is 5.91 Å². The zero-order valence-electron chi connectivity index (χ0n) is 14.3. The van der Waals surface area contributed by atoms with Crippen molar-refractivity contribution in [1.29, 1.82) is 0 Å². The second-order valence-electron chi connectivity index (χ2n) is 6.14. The fraction of sp³-hybridized carbons (Fsp3) is 0.333. The second kappa shape index (κ2) is 6.44. The Kier molecular flexibility index (Phi) is 4.47. The van der Waals surface area contributed by atoms with Crippen LogP contribution < -0.4 is 10.1 Å². The highest BCUT2D eigenvalue weighted by Gasteiger charge is 2.50. The molecular formula is C18H19ClN2O4. The van der Waals surface area contributed by atoms with Gasteiger partial charge in [-0.3, -0.25) is 9.69 Å². The van der Waals surface area contributed by atoms with Gasteiger partial charge in [0.1, 0.15) is 29.4 Å². The third-order valence-electron chi connectivity index (χ3n) is 4.23. The van der Waals surface area contributed by atoms with E-state index in [-0.39, 0.29) is 19.1 Å². The van der Waals surface area contributed by atoms with Gasteiger partial charge < -0.3 is 14.5 Å². The summed E-state index contributed by atoms with van der Waals surface area (Å²) in [5.74, 6) is 1.57. The number of furan rings is 1. The number of carbonyl (C=O) groups excluding carboxylic acids is 2. The first-order valence-electron chi connectivity index (χ1n) is 7.91. The minimum Gasteiger partial charge on any atom is -0.492 e. The van der Waals surface area contributed by atoms with Crippen molar-refractivity contribution in [3.8, 4) is 5.75 Å². The van der Waals surface area contributed by atoms with Crippen LogP contribution in [-0.2, 0) is 10.3 Å². The van der Waals surface area contributed by atoms with E-state index >= 15 is 0 Å². The van der Waals surface area contributed by atoms with Crippen molar-refractivity contribution in [2.75, 3.05) is 13.2 Å². The smallest absolute Gasteiger partial charge is 0.325 e. The zero-order valence-corrected chi connectivity index (χ0v) is 15.0. The van der Waals surface area contributed by atoms with Crippen molar-refractivity contribution in [3.05, 3.63) is 52.4 Å². The lowest BCUT2D eigenvalue weighted by Gasteiger charge is -2.21. The van der Waals surface area contributed by atoms with E-state index in [9.17, 15) is 9.59 Å². The van der Waals surface area contributed by atoms with E-state index in [1.54, 1.807) is 51.1 Å². The molecule has 3 amide bonds. The predicted octanol–water partition coefficient (Wildman–Crippen LogP) is 3.40. The van der Waals surface area contributed by atoms with Crippen LogP contribution in [0.1, 0.15) is 24.0 Å². The number of halogens is 1. The lowest BCUT2D eigenvalue weighted by Crippen LogP contribution is -2.41. The SMILES string of the molecule is Cc1cc(C2(C)NC(=O)N(CCOc3cccc(Cl)c3)C2=O)c(C)o1. The topological polar surface area (TPSA) is 71.8 Å². The molecule has 1 aromatic carbocycles. The van der Waals surface area contributed by atoms with Crippen LogP contribution in [0.5, 0.6) is 5.75 Å². The number of nitrogens with zero attached hydrogens (tertiary/aromatic N) is 1. The molecule has 25 heavy (non-hydrogen) atoms. The Morgan fingerprint density at radius 1 is 1.28 bits per heavy atom. The van der Waals surface area contributed by atoms with E-state index in [0.29, 0.717) is 27.9 Å². The molecule has 0 saturated carbocycles. The first-order valence-corrected chi connectivity index (χ1v) is 8.29. The molecule has 0 aliphatic carbocycles. The summed E-state index contributed by atoms with van der Waals surface area (Å²) in [6.45, 7) is 5.58. The van der Waals surface area contributed by atoms with Crippen LogP contribution in [0.25, 0.3) is 0 Å². The first kappa shape index (κ1) is 17.4. The molecule has 0 bridgehead atoms. The number of hydrogen-bond acceptors (Lipinski definition) is 4. The maximum absolute atomic E-state index is 12.8. The summed E-state index contributed by atoms with van der Waals surface area (Å²) < 4.78 is 11.1. The molecule has 2 aromatic rings. The van der Waals surface area contributed by atoms with E-state index in [2.05, 4.69) is 5.32 Å². The van der Waals surface area contributed by atoms with E-state index in [4.69, 9.17) is 20.8 Å². The van der Waals surface area contributed by atoms with Gasteiger partial charge in [0.2, 0.25) is 0 Å². The summed E-state index contributed by atoms with van der Waals surface area (Å²) in [5, 5.41) is 3.32. The van der Waals surface area contributed by atoms with Crippen LogP contribution in [0.4, 0.5) is 4.79 Å². The fourth-order valence-corrected chi connectivity index (χ4v) is 3.20. The minimum absolute atomic E-state index is 0.142. The summed E-state index contributed by atoms with van der Waals surface area (Å²) in [6.07, 6.45) is 0. The summed E-state index contributed by atoms with van der Waals surface area (Å²) in [6, 6.07) is 8.29. The number of hydrogen-bond donors (Lipinski definition) is 1. The van der Waals surface area contributed by atoms with Crippen molar-refractivity contribution in [2.45, 2.75) is 26.3 Å². The number of aryl methyl sites for hydroxylation is 2. The number of imide groups is 1. The molecule has 1 unspecified atom stereocenters. The number of ether oxygens (including phenoxy) is 1. The van der Waals surface area contributed by atoms with Gasteiger partial charge in [-0.2, -0.15) is 0 Å². The van der Waals surface area contributed by atoms with Gasteiger partial charge >= 0.3 is 6.03 Å². The molecule has 1 atom stereocenters. The molecular weight excluding hydrogens is 344 g/mol. The molecule has 1 N–H and O–H groups in total. The van der Waals surface area contributed by atoms with Gasteiger partial charge in [-0.1, -0.05) is 17.7 Å². The Hall–Kier alpha value is -2.47. The van der Waals surface area contributed by atoms with Crippen molar-refractivity contribution < 1.29 is 18.7 Å². The molecule has 7 heteroatoms. The lowest BCUT2D eigenvalue weighted by atomic mass is 9.92. The van der Waals surface area contributed by atoms with Crippen LogP contribution in [-0.4, -0.2) is 30.0 Å². The van der Waals surface area contributed by atoms with Gasteiger partial charge in [0.05, 0.1) is 6.54 Å². The predicted molar refractivity (Wildman–Crippen MR) is 92.7 cm³/mol. The monoisotopic (exact) mass is 362 g/mol. The summed E-state index contributed by atoms with van der Waals surface area (Å²) in [7, 11) is 0. The first-order chi connectivity index (χ1) is 11.8. The van der Waals surface area contributed by atoms with Crippen molar-refractivity contribution in [3.63, 3.8) is 0 Å². The third-order valence-corrected chi connectivity index (χ3v) is 4.47. The van der Waals surface area contributed by atoms with Crippen LogP contribution in [0.15, 0.2) is 34.7 Å². The Labute approximate surface area is 150 Å². The van der Waals surface area contributed by atoms with Crippen molar-refractivity contribution in [2.24, 2.45) is 0 Å². The Balaban J connectivity index is 1.70. The molecule has 6 nitrogen and oxygen atoms in total. The van der Waals surface area contributed by atoms with Crippen molar-refractivity contribution in [1.82, 2.24) is 10.2 Å². The van der Waals surface area contributed by atoms with E-state index in [0.717, 1.165) is 4.90 Å². The normalized spacial score (nSPS) is 20.1. The fourth-order valence-electron chi connectivity index (χ4n) is 3.02. The van der Waals surface area contributed by atoms with Crippen LogP contribution in [0, 0.1) is 13.8 Å². The average Bonchev–Trinajstić information content (AvgIpc) is 2.99. The zero-order chi connectivity index (χ0) is 18.2. The minimum atomic E-state index is -1.13. The van der Waals surface area contributed by atoms with Gasteiger partial charge in [0.15, 0.2) is 0 Å². The number of rotatable bonds is 5. The molecule has 0 spiro atoms. The molecule has 1 aromatic heterocycles.